The van der Waals surface area contributed by atoms with Gasteiger partial charge < -0.3 is 5.32 Å². The van der Waals surface area contributed by atoms with Crippen molar-refractivity contribution < 1.29 is 13.2 Å². The fourth-order valence-electron chi connectivity index (χ4n) is 0.781. The van der Waals surface area contributed by atoms with Gasteiger partial charge in [-0.3, -0.25) is 0 Å². The second-order valence-corrected chi connectivity index (χ2v) is 3.10. The van der Waals surface area contributed by atoms with Crippen molar-refractivity contribution in [1.29, 1.82) is 0 Å². The summed E-state index contributed by atoms with van der Waals surface area (Å²) in [5.74, 6) is -0.0828. The molecule has 0 heterocycles. The predicted molar refractivity (Wildman–Crippen MR) is 71.4 cm³/mol. The largest absolute Gasteiger partial charge is 0.429 e. The normalized spacial score (nSPS) is 11.8. The van der Waals surface area contributed by atoms with Crippen molar-refractivity contribution >= 4 is 5.71 Å². The second-order valence-electron chi connectivity index (χ2n) is 3.10. The molecule has 0 aromatic heterocycles. The molecule has 18 heavy (non-hydrogen) atoms. The summed E-state index contributed by atoms with van der Waals surface area (Å²) in [5, 5.41) is 2.55. The maximum absolute atomic E-state index is 12.1. The summed E-state index contributed by atoms with van der Waals surface area (Å²) in [7, 11) is 0. The van der Waals surface area contributed by atoms with E-state index in [1.54, 1.807) is 6.08 Å². The van der Waals surface area contributed by atoms with Gasteiger partial charge in [0.1, 0.15) is 11.5 Å². The predicted octanol–water partition coefficient (Wildman–Crippen LogP) is 4.58. The van der Waals surface area contributed by atoms with E-state index in [-0.39, 0.29) is 5.82 Å². The molecule has 0 radical (unpaired) electrons. The summed E-state index contributed by atoms with van der Waals surface area (Å²) in [4.78, 5) is 3.29. The first-order valence-electron chi connectivity index (χ1n) is 5.71. The van der Waals surface area contributed by atoms with Gasteiger partial charge in [0.15, 0.2) is 0 Å². The lowest BCUT2D eigenvalue weighted by atomic mass is 10.3. The van der Waals surface area contributed by atoms with Gasteiger partial charge in [-0.15, -0.1) is 0 Å². The summed E-state index contributed by atoms with van der Waals surface area (Å²) < 4.78 is 36.3. The number of halogens is 3. The van der Waals surface area contributed by atoms with E-state index in [1.807, 2.05) is 26.8 Å². The van der Waals surface area contributed by atoms with E-state index in [9.17, 15) is 13.2 Å². The Morgan fingerprint density at radius 1 is 1.28 bits per heavy atom. The quantitative estimate of drug-likeness (QED) is 0.569. The third kappa shape index (κ3) is 9.69. The molecule has 5 heteroatoms. The molecule has 0 aliphatic carbocycles. The minimum atomic E-state index is -4.43. The summed E-state index contributed by atoms with van der Waals surface area (Å²) in [6, 6.07) is 0. The summed E-state index contributed by atoms with van der Waals surface area (Å²) in [6.07, 6.45) is -0.129. The fourth-order valence-corrected chi connectivity index (χ4v) is 0.781. The number of aliphatic imine (C=N–C) groups is 1. The highest BCUT2D eigenvalue weighted by atomic mass is 19.4. The summed E-state index contributed by atoms with van der Waals surface area (Å²) in [6.45, 7) is 13.8. The lowest BCUT2D eigenvalue weighted by Gasteiger charge is -2.08. The smallest absolute Gasteiger partial charge is 0.341 e. The Hall–Kier alpha value is -1.52. The molecule has 0 spiro atoms. The Labute approximate surface area is 107 Å². The van der Waals surface area contributed by atoms with Crippen molar-refractivity contribution in [3.05, 3.63) is 36.8 Å². The first kappa shape index (κ1) is 18.8. The van der Waals surface area contributed by atoms with Crippen LogP contribution in [0.15, 0.2) is 41.8 Å². The standard InChI is InChI=1S/C11H15F3N2.C2H6/c1-5-6-7-8(2)15-10(4)16-9(3)11(12,13)14;1-2/h6-7,15H,2,4-5H2,1,3H3;1-2H3/b7-6-,16-9+;. The van der Waals surface area contributed by atoms with Gasteiger partial charge in [0.2, 0.25) is 0 Å². The minimum Gasteiger partial charge on any atom is -0.341 e. The molecule has 0 amide bonds. The highest BCUT2D eigenvalue weighted by Gasteiger charge is 2.31. The van der Waals surface area contributed by atoms with Gasteiger partial charge in [-0.1, -0.05) is 40.0 Å². The zero-order chi connectivity index (χ0) is 14.8. The number of hydrogen-bond acceptors (Lipinski definition) is 2. The zero-order valence-corrected chi connectivity index (χ0v) is 11.4. The Bertz CT molecular complexity index is 326. The number of nitrogens with zero attached hydrogens (tertiary/aromatic N) is 1. The lowest BCUT2D eigenvalue weighted by molar-refractivity contribution is -0.0592. The van der Waals surface area contributed by atoms with Crippen LogP contribution in [0.3, 0.4) is 0 Å². The topological polar surface area (TPSA) is 24.4 Å². The van der Waals surface area contributed by atoms with E-state index in [0.717, 1.165) is 13.3 Å². The molecule has 0 unspecified atom stereocenters. The van der Waals surface area contributed by atoms with Crippen molar-refractivity contribution in [3.63, 3.8) is 0 Å². The summed E-state index contributed by atoms with van der Waals surface area (Å²) in [5.41, 5.74) is -0.497. The highest BCUT2D eigenvalue weighted by Crippen LogP contribution is 2.17. The molecular formula is C13H21F3N2. The van der Waals surface area contributed by atoms with Crippen LogP contribution in [0.1, 0.15) is 34.1 Å². The number of rotatable bonds is 5. The van der Waals surface area contributed by atoms with Crippen LogP contribution in [0.2, 0.25) is 0 Å². The maximum Gasteiger partial charge on any atom is 0.429 e. The molecule has 0 saturated carbocycles. The van der Waals surface area contributed by atoms with Crippen molar-refractivity contribution in [3.8, 4) is 0 Å². The van der Waals surface area contributed by atoms with Gasteiger partial charge in [0.25, 0.3) is 0 Å². The zero-order valence-electron chi connectivity index (χ0n) is 11.4. The molecule has 0 aliphatic rings. The molecule has 0 aromatic carbocycles. The molecule has 0 aromatic rings. The average Bonchev–Trinajstić information content (AvgIpc) is 2.27. The van der Waals surface area contributed by atoms with Gasteiger partial charge in [-0.05, 0) is 19.4 Å². The highest BCUT2D eigenvalue weighted by molar-refractivity contribution is 5.88. The van der Waals surface area contributed by atoms with Gasteiger partial charge in [-0.25, -0.2) is 4.99 Å². The lowest BCUT2D eigenvalue weighted by Crippen LogP contribution is -2.21. The third-order valence-corrected chi connectivity index (χ3v) is 1.57. The SMILES string of the molecule is C=C(/C=C\CC)NC(=C)/N=C(\C)C(F)(F)F.CC. The van der Waals surface area contributed by atoms with E-state index < -0.39 is 11.9 Å². The molecule has 0 saturated heterocycles. The first-order chi connectivity index (χ1) is 8.27. The van der Waals surface area contributed by atoms with Crippen molar-refractivity contribution in [1.82, 2.24) is 5.32 Å². The number of hydrogen-bond donors (Lipinski definition) is 1. The van der Waals surface area contributed by atoms with Crippen molar-refractivity contribution in [2.24, 2.45) is 4.99 Å². The van der Waals surface area contributed by atoms with E-state index in [0.29, 0.717) is 5.70 Å². The van der Waals surface area contributed by atoms with Crippen LogP contribution in [-0.4, -0.2) is 11.9 Å². The van der Waals surface area contributed by atoms with Crippen molar-refractivity contribution in [2.75, 3.05) is 0 Å². The Morgan fingerprint density at radius 3 is 2.17 bits per heavy atom. The van der Waals surface area contributed by atoms with E-state index in [2.05, 4.69) is 23.5 Å². The molecule has 0 atom stereocenters. The fraction of sp³-hybridized carbons (Fsp3) is 0.462. The third-order valence-electron chi connectivity index (χ3n) is 1.57. The Kier molecular flexibility index (Phi) is 9.94. The first-order valence-corrected chi connectivity index (χ1v) is 5.71. The average molecular weight is 262 g/mol. The Balaban J connectivity index is 0. The number of alkyl halides is 3. The van der Waals surface area contributed by atoms with E-state index >= 15 is 0 Å². The molecule has 1 N–H and O–H groups in total. The van der Waals surface area contributed by atoms with E-state index in [1.165, 1.54) is 0 Å². The molecule has 104 valence electrons. The van der Waals surface area contributed by atoms with Crippen LogP contribution in [0.25, 0.3) is 0 Å². The number of nitrogens with one attached hydrogen (secondary N) is 1. The second kappa shape index (κ2) is 9.50. The summed E-state index contributed by atoms with van der Waals surface area (Å²) >= 11 is 0. The van der Waals surface area contributed by atoms with Gasteiger partial charge >= 0.3 is 6.18 Å². The van der Waals surface area contributed by atoms with Gasteiger partial charge in [0.05, 0.1) is 0 Å². The van der Waals surface area contributed by atoms with Crippen LogP contribution in [0, 0.1) is 0 Å². The molecule has 0 bridgehead atoms. The van der Waals surface area contributed by atoms with Crippen LogP contribution >= 0.6 is 0 Å². The van der Waals surface area contributed by atoms with Gasteiger partial charge in [0, 0.05) is 5.70 Å². The minimum absolute atomic E-state index is 0.0828. The van der Waals surface area contributed by atoms with Crippen LogP contribution < -0.4 is 5.32 Å². The molecule has 0 aliphatic heterocycles. The van der Waals surface area contributed by atoms with E-state index in [4.69, 9.17) is 0 Å². The monoisotopic (exact) mass is 262 g/mol. The van der Waals surface area contributed by atoms with Crippen molar-refractivity contribution in [2.45, 2.75) is 40.3 Å². The van der Waals surface area contributed by atoms with Crippen LogP contribution in [-0.2, 0) is 0 Å². The van der Waals surface area contributed by atoms with Gasteiger partial charge in [-0.2, -0.15) is 13.2 Å². The molecule has 0 fully saturated rings. The number of allylic oxidation sites excluding steroid dienone is 2. The Morgan fingerprint density at radius 2 is 1.78 bits per heavy atom. The molecule has 0 rings (SSSR count). The van der Waals surface area contributed by atoms with Crippen LogP contribution in [0.4, 0.5) is 13.2 Å². The van der Waals surface area contributed by atoms with Crippen LogP contribution in [0.5, 0.6) is 0 Å². The maximum atomic E-state index is 12.1. The molecule has 2 nitrogen and oxygen atoms in total. The molecular weight excluding hydrogens is 241 g/mol.